The number of esters is 1. The quantitative estimate of drug-likeness (QED) is 0.167. The molecular weight excluding hydrogens is 434 g/mol. The van der Waals surface area contributed by atoms with Gasteiger partial charge in [-0.05, 0) is 20.3 Å². The molecule has 0 heterocycles. The Hall–Kier alpha value is -1.53. The Morgan fingerprint density at radius 3 is 2.27 bits per heavy atom. The average molecular weight is 470 g/mol. The van der Waals surface area contributed by atoms with Gasteiger partial charge in [-0.3, -0.25) is 14.1 Å². The first-order chi connectivity index (χ1) is 13.8. The first-order valence-electron chi connectivity index (χ1n) is 9.80. The number of hydrogen-bond acceptors (Lipinski definition) is 7. The van der Waals surface area contributed by atoms with E-state index in [1.807, 2.05) is 6.92 Å². The van der Waals surface area contributed by atoms with Crippen LogP contribution in [0.1, 0.15) is 41.0 Å². The van der Waals surface area contributed by atoms with Gasteiger partial charge in [0.1, 0.15) is 6.61 Å². The lowest BCUT2D eigenvalue weighted by atomic mass is 10.1. The highest BCUT2D eigenvalue weighted by Gasteiger charge is 2.28. The highest BCUT2D eigenvalue weighted by Crippen LogP contribution is 2.12. The van der Waals surface area contributed by atoms with Gasteiger partial charge in [-0.15, -0.1) is 0 Å². The van der Waals surface area contributed by atoms with Crippen LogP contribution in [0.4, 0.5) is 4.79 Å². The van der Waals surface area contributed by atoms with Crippen LogP contribution in [0.15, 0.2) is 0 Å². The summed E-state index contributed by atoms with van der Waals surface area (Å²) in [6.45, 7) is 9.17. The fourth-order valence-electron chi connectivity index (χ4n) is 2.21. The molecule has 176 valence electrons. The standard InChI is InChI=1S/C18H35N3O7S2/c1-6-13(2)16(23)28-9-7-19-17(24)20-8-10-29-11-14(3)15(22)21-18(4,5)12-30(25,26)27/h13-14H,6-12H2,1-5H3,(H,21,22)(H2,19,20,24)(H,25,26,27). The number of thioether (sulfide) groups is 1. The van der Waals surface area contributed by atoms with Gasteiger partial charge in [0.2, 0.25) is 5.91 Å². The van der Waals surface area contributed by atoms with E-state index in [0.717, 1.165) is 0 Å². The zero-order valence-electron chi connectivity index (χ0n) is 18.3. The van der Waals surface area contributed by atoms with Crippen LogP contribution in [0.25, 0.3) is 0 Å². The molecule has 0 aromatic heterocycles. The summed E-state index contributed by atoms with van der Waals surface area (Å²) in [7, 11) is -4.19. The van der Waals surface area contributed by atoms with Crippen molar-refractivity contribution in [3.05, 3.63) is 0 Å². The van der Waals surface area contributed by atoms with Gasteiger partial charge in [0.15, 0.2) is 0 Å². The monoisotopic (exact) mass is 469 g/mol. The second-order valence-electron chi connectivity index (χ2n) is 7.73. The van der Waals surface area contributed by atoms with Crippen molar-refractivity contribution in [2.75, 3.05) is 37.0 Å². The van der Waals surface area contributed by atoms with Crippen molar-refractivity contribution in [3.8, 4) is 0 Å². The molecular formula is C18H35N3O7S2. The normalized spacial score (nSPS) is 13.8. The van der Waals surface area contributed by atoms with Gasteiger partial charge < -0.3 is 20.7 Å². The second kappa shape index (κ2) is 13.7. The number of amides is 3. The first kappa shape index (κ1) is 28.5. The van der Waals surface area contributed by atoms with Gasteiger partial charge >= 0.3 is 12.0 Å². The molecule has 2 atom stereocenters. The highest BCUT2D eigenvalue weighted by atomic mass is 32.2. The zero-order chi connectivity index (χ0) is 23.4. The molecule has 0 radical (unpaired) electrons. The molecule has 0 bridgehead atoms. The van der Waals surface area contributed by atoms with Crippen molar-refractivity contribution in [2.24, 2.45) is 11.8 Å². The van der Waals surface area contributed by atoms with Gasteiger partial charge in [0.05, 0.1) is 23.8 Å². The van der Waals surface area contributed by atoms with Gasteiger partial charge in [-0.2, -0.15) is 20.2 Å². The molecule has 0 aromatic carbocycles. The van der Waals surface area contributed by atoms with Gasteiger partial charge in [0, 0.05) is 24.0 Å². The Bertz CT molecular complexity index is 669. The van der Waals surface area contributed by atoms with E-state index < -0.39 is 21.4 Å². The van der Waals surface area contributed by atoms with E-state index in [1.54, 1.807) is 13.8 Å². The predicted octanol–water partition coefficient (Wildman–Crippen LogP) is 1.03. The molecule has 0 rings (SSSR count). The third-order valence-corrected chi connectivity index (χ3v) is 6.31. The number of ether oxygens (including phenoxy) is 1. The molecule has 0 spiro atoms. The maximum absolute atomic E-state index is 12.2. The summed E-state index contributed by atoms with van der Waals surface area (Å²) in [4.78, 5) is 35.3. The number of rotatable bonds is 14. The van der Waals surface area contributed by atoms with Crippen molar-refractivity contribution < 1.29 is 32.1 Å². The molecule has 2 unspecified atom stereocenters. The van der Waals surface area contributed by atoms with Gasteiger partial charge in [-0.1, -0.05) is 20.8 Å². The van der Waals surface area contributed by atoms with Crippen molar-refractivity contribution in [1.29, 1.82) is 0 Å². The van der Waals surface area contributed by atoms with Crippen LogP contribution >= 0.6 is 11.8 Å². The maximum atomic E-state index is 12.2. The van der Waals surface area contributed by atoms with E-state index in [1.165, 1.54) is 25.6 Å². The van der Waals surface area contributed by atoms with Crippen molar-refractivity contribution in [1.82, 2.24) is 16.0 Å². The lowest BCUT2D eigenvalue weighted by Crippen LogP contribution is -2.50. The van der Waals surface area contributed by atoms with Crippen LogP contribution in [-0.4, -0.2) is 73.4 Å². The summed E-state index contributed by atoms with van der Waals surface area (Å²) in [5.41, 5.74) is -1.08. The Kier molecular flexibility index (Phi) is 13.0. The largest absolute Gasteiger partial charge is 0.464 e. The topological polar surface area (TPSA) is 151 Å². The Morgan fingerprint density at radius 2 is 1.70 bits per heavy atom. The number of nitrogens with one attached hydrogen (secondary N) is 3. The smallest absolute Gasteiger partial charge is 0.314 e. The van der Waals surface area contributed by atoms with Gasteiger partial charge in [0.25, 0.3) is 10.1 Å². The predicted molar refractivity (Wildman–Crippen MR) is 117 cm³/mol. The summed E-state index contributed by atoms with van der Waals surface area (Å²) in [6, 6.07) is -0.368. The fraction of sp³-hybridized carbons (Fsp3) is 0.833. The number of carbonyl (C=O) groups is 3. The first-order valence-corrected chi connectivity index (χ1v) is 12.6. The van der Waals surface area contributed by atoms with Crippen LogP contribution in [0.3, 0.4) is 0 Å². The van der Waals surface area contributed by atoms with Gasteiger partial charge in [-0.25, -0.2) is 4.79 Å². The zero-order valence-corrected chi connectivity index (χ0v) is 20.0. The van der Waals surface area contributed by atoms with Crippen molar-refractivity contribution in [3.63, 3.8) is 0 Å². The number of urea groups is 1. The van der Waals surface area contributed by atoms with Crippen LogP contribution in [0, 0.1) is 11.8 Å². The molecule has 0 saturated carbocycles. The highest BCUT2D eigenvalue weighted by molar-refractivity contribution is 7.99. The SMILES string of the molecule is CCC(C)C(=O)OCCNC(=O)NCCSCC(C)C(=O)NC(C)(C)CS(=O)(=O)O. The minimum atomic E-state index is -4.19. The molecule has 0 saturated heterocycles. The molecule has 12 heteroatoms. The Morgan fingerprint density at radius 1 is 1.10 bits per heavy atom. The summed E-state index contributed by atoms with van der Waals surface area (Å²) < 4.78 is 35.9. The molecule has 0 aliphatic heterocycles. The summed E-state index contributed by atoms with van der Waals surface area (Å²) in [6.07, 6.45) is 0.701. The fourth-order valence-corrected chi connectivity index (χ4v) is 4.11. The molecule has 10 nitrogen and oxygen atoms in total. The number of carbonyl (C=O) groups excluding carboxylic acids is 3. The van der Waals surface area contributed by atoms with E-state index in [9.17, 15) is 22.8 Å². The average Bonchev–Trinajstić information content (AvgIpc) is 2.61. The third-order valence-electron chi connectivity index (χ3n) is 4.00. The minimum Gasteiger partial charge on any atom is -0.464 e. The third kappa shape index (κ3) is 14.5. The maximum Gasteiger partial charge on any atom is 0.314 e. The van der Waals surface area contributed by atoms with E-state index in [-0.39, 0.29) is 42.9 Å². The molecule has 0 aliphatic rings. The van der Waals surface area contributed by atoms with Crippen molar-refractivity contribution in [2.45, 2.75) is 46.6 Å². The lowest BCUT2D eigenvalue weighted by Gasteiger charge is -2.26. The summed E-state index contributed by atoms with van der Waals surface area (Å²) >= 11 is 1.47. The van der Waals surface area contributed by atoms with Crippen LogP contribution < -0.4 is 16.0 Å². The summed E-state index contributed by atoms with van der Waals surface area (Å²) in [5.74, 6) is -0.615. The van der Waals surface area contributed by atoms with Crippen LogP contribution in [0.5, 0.6) is 0 Å². The molecule has 30 heavy (non-hydrogen) atoms. The minimum absolute atomic E-state index is 0.117. The molecule has 4 N–H and O–H groups in total. The second-order valence-corrected chi connectivity index (χ2v) is 10.3. The van der Waals surface area contributed by atoms with Crippen molar-refractivity contribution >= 4 is 39.8 Å². The Labute approximate surface area is 183 Å². The van der Waals surface area contributed by atoms with E-state index in [4.69, 9.17) is 9.29 Å². The lowest BCUT2D eigenvalue weighted by molar-refractivity contribution is -0.147. The van der Waals surface area contributed by atoms with E-state index in [0.29, 0.717) is 24.5 Å². The summed E-state index contributed by atoms with van der Waals surface area (Å²) in [5, 5.41) is 7.86. The molecule has 3 amide bonds. The molecule has 0 aliphatic carbocycles. The van der Waals surface area contributed by atoms with Crippen LogP contribution in [-0.2, 0) is 24.4 Å². The Balaban J connectivity index is 3.92. The van der Waals surface area contributed by atoms with E-state index in [2.05, 4.69) is 16.0 Å². The molecule has 0 fully saturated rings. The van der Waals surface area contributed by atoms with Crippen LogP contribution in [0.2, 0.25) is 0 Å². The van der Waals surface area contributed by atoms with E-state index >= 15 is 0 Å². The number of hydrogen-bond donors (Lipinski definition) is 4. The molecule has 0 aromatic rings.